The van der Waals surface area contributed by atoms with Crippen molar-refractivity contribution in [2.45, 2.75) is 34.6 Å². The van der Waals surface area contributed by atoms with Crippen LogP contribution in [0.1, 0.15) is 34.6 Å². The second kappa shape index (κ2) is 13.9. The minimum absolute atomic E-state index is 0.595. The fourth-order valence-electron chi connectivity index (χ4n) is 1.11. The zero-order valence-corrected chi connectivity index (χ0v) is 13.0. The summed E-state index contributed by atoms with van der Waals surface area (Å²) in [6, 6.07) is 0. The lowest BCUT2D eigenvalue weighted by atomic mass is 10.8. The molecule has 0 N–H and O–H groups in total. The first-order chi connectivity index (χ1) is 8.16. The highest BCUT2D eigenvalue weighted by Crippen LogP contribution is 2.10. The average molecular weight is 264 g/mol. The second-order valence-corrected chi connectivity index (χ2v) is 5.37. The summed E-state index contributed by atoms with van der Waals surface area (Å²) >= 11 is 0. The summed E-state index contributed by atoms with van der Waals surface area (Å²) in [5.74, 6) is 0. The Hall–Kier alpha value is -0.203. The van der Waals surface area contributed by atoms with Gasteiger partial charge in [0.05, 0.1) is 0 Å². The Morgan fingerprint density at radius 2 is 1.12 bits per heavy atom. The Bertz CT molecular complexity index is 146. The second-order valence-electron chi connectivity index (χ2n) is 2.89. The van der Waals surface area contributed by atoms with Crippen molar-refractivity contribution in [3.8, 4) is 0 Å². The van der Waals surface area contributed by atoms with Crippen molar-refractivity contribution in [3.05, 3.63) is 12.3 Å². The standard InChI is InChI=1S/C8H18O3Si.C4H10O/c1-5-9-12(8-4,10-6-2)11-7-3;1-3-5-4-2/h8H,4-7H2,1-3H3;3-4H2,1-2H3. The van der Waals surface area contributed by atoms with Crippen molar-refractivity contribution in [1.82, 2.24) is 0 Å². The van der Waals surface area contributed by atoms with Gasteiger partial charge < -0.3 is 18.0 Å². The van der Waals surface area contributed by atoms with Crippen LogP contribution >= 0.6 is 0 Å². The van der Waals surface area contributed by atoms with Gasteiger partial charge in [-0.2, -0.15) is 0 Å². The van der Waals surface area contributed by atoms with Gasteiger partial charge in [0.1, 0.15) is 0 Å². The summed E-state index contributed by atoms with van der Waals surface area (Å²) in [5, 5.41) is 0. The third-order valence-corrected chi connectivity index (χ3v) is 4.27. The first-order valence-corrected chi connectivity index (χ1v) is 8.09. The molecule has 0 atom stereocenters. The normalized spacial score (nSPS) is 10.6. The predicted octanol–water partition coefficient (Wildman–Crippen LogP) is 2.80. The molecule has 0 rings (SSSR count). The molecule has 0 saturated carbocycles. The molecule has 0 bridgehead atoms. The molecule has 0 saturated heterocycles. The molecule has 0 aliphatic carbocycles. The highest BCUT2D eigenvalue weighted by atomic mass is 28.4. The van der Waals surface area contributed by atoms with Crippen molar-refractivity contribution in [1.29, 1.82) is 0 Å². The van der Waals surface area contributed by atoms with Gasteiger partial charge in [-0.25, -0.2) is 0 Å². The maximum atomic E-state index is 5.44. The van der Waals surface area contributed by atoms with Gasteiger partial charge in [-0.1, -0.05) is 6.58 Å². The van der Waals surface area contributed by atoms with Crippen LogP contribution in [0.2, 0.25) is 0 Å². The van der Waals surface area contributed by atoms with E-state index >= 15 is 0 Å². The van der Waals surface area contributed by atoms with Crippen LogP contribution in [0.4, 0.5) is 0 Å². The van der Waals surface area contributed by atoms with Crippen LogP contribution in [0.5, 0.6) is 0 Å². The lowest BCUT2D eigenvalue weighted by molar-refractivity contribution is 0.0844. The molecule has 0 aromatic carbocycles. The Balaban J connectivity index is 0. The van der Waals surface area contributed by atoms with Gasteiger partial charge in [0.2, 0.25) is 0 Å². The average Bonchev–Trinajstić information content (AvgIpc) is 2.32. The van der Waals surface area contributed by atoms with E-state index in [0.29, 0.717) is 19.8 Å². The molecule has 4 nitrogen and oxygen atoms in total. The summed E-state index contributed by atoms with van der Waals surface area (Å²) in [5.41, 5.74) is 1.67. The Kier molecular flexibility index (Phi) is 15.6. The number of hydrogen-bond donors (Lipinski definition) is 0. The van der Waals surface area contributed by atoms with Gasteiger partial charge in [0.25, 0.3) is 0 Å². The first-order valence-electron chi connectivity index (χ1n) is 6.29. The SMILES string of the molecule is C=C[Si](OCC)(OCC)OCC.CCOCC. The number of rotatable bonds is 9. The van der Waals surface area contributed by atoms with Crippen molar-refractivity contribution < 1.29 is 18.0 Å². The minimum atomic E-state index is -2.51. The van der Waals surface area contributed by atoms with Gasteiger partial charge >= 0.3 is 8.80 Å². The van der Waals surface area contributed by atoms with E-state index in [0.717, 1.165) is 13.2 Å². The van der Waals surface area contributed by atoms with Crippen LogP contribution in [0, 0.1) is 0 Å². The molecule has 17 heavy (non-hydrogen) atoms. The zero-order valence-electron chi connectivity index (χ0n) is 12.0. The fourth-order valence-corrected chi connectivity index (χ4v) is 2.92. The van der Waals surface area contributed by atoms with Gasteiger partial charge in [-0.3, -0.25) is 0 Å². The van der Waals surface area contributed by atoms with E-state index in [1.807, 2.05) is 34.6 Å². The minimum Gasteiger partial charge on any atom is -0.382 e. The quantitative estimate of drug-likeness (QED) is 0.600. The highest BCUT2D eigenvalue weighted by molar-refractivity contribution is 6.66. The van der Waals surface area contributed by atoms with Crippen LogP contribution in [-0.4, -0.2) is 41.8 Å². The highest BCUT2D eigenvalue weighted by Gasteiger charge is 2.36. The molecule has 0 aliphatic heterocycles. The molecule has 0 fully saturated rings. The predicted molar refractivity (Wildman–Crippen MR) is 73.0 cm³/mol. The van der Waals surface area contributed by atoms with E-state index in [9.17, 15) is 0 Å². The molecule has 0 unspecified atom stereocenters. The van der Waals surface area contributed by atoms with Crippen LogP contribution in [0.25, 0.3) is 0 Å². The summed E-state index contributed by atoms with van der Waals surface area (Å²) < 4.78 is 21.1. The van der Waals surface area contributed by atoms with Crippen molar-refractivity contribution >= 4 is 8.80 Å². The van der Waals surface area contributed by atoms with Crippen LogP contribution in [0.3, 0.4) is 0 Å². The largest absolute Gasteiger partial charge is 0.528 e. The fraction of sp³-hybridized carbons (Fsp3) is 0.833. The molecule has 0 amide bonds. The maximum Gasteiger partial charge on any atom is 0.528 e. The van der Waals surface area contributed by atoms with Gasteiger partial charge in [0, 0.05) is 33.0 Å². The van der Waals surface area contributed by atoms with Gasteiger partial charge in [-0.05, 0) is 40.3 Å². The lowest BCUT2D eigenvalue weighted by Gasteiger charge is -2.24. The molecule has 0 spiro atoms. The Labute approximate surface area is 107 Å². The van der Waals surface area contributed by atoms with Crippen LogP contribution in [-0.2, 0) is 18.0 Å². The molecule has 0 aromatic heterocycles. The molecular weight excluding hydrogens is 236 g/mol. The van der Waals surface area contributed by atoms with E-state index in [2.05, 4.69) is 6.58 Å². The summed E-state index contributed by atoms with van der Waals surface area (Å²) in [6.45, 7) is 16.9. The number of ether oxygens (including phenoxy) is 1. The Morgan fingerprint density at radius 3 is 1.24 bits per heavy atom. The number of hydrogen-bond acceptors (Lipinski definition) is 4. The molecule has 0 aromatic rings. The van der Waals surface area contributed by atoms with Crippen molar-refractivity contribution in [3.63, 3.8) is 0 Å². The molecule has 0 radical (unpaired) electrons. The summed E-state index contributed by atoms with van der Waals surface area (Å²) in [4.78, 5) is 0. The van der Waals surface area contributed by atoms with Gasteiger partial charge in [-0.15, -0.1) is 0 Å². The molecule has 104 valence electrons. The van der Waals surface area contributed by atoms with E-state index in [-0.39, 0.29) is 0 Å². The van der Waals surface area contributed by atoms with Crippen molar-refractivity contribution in [2.75, 3.05) is 33.0 Å². The first kappa shape index (κ1) is 19.1. The van der Waals surface area contributed by atoms with E-state index < -0.39 is 8.80 Å². The smallest absolute Gasteiger partial charge is 0.382 e. The van der Waals surface area contributed by atoms with Crippen molar-refractivity contribution in [2.24, 2.45) is 0 Å². The maximum absolute atomic E-state index is 5.44. The Morgan fingerprint density at radius 1 is 0.765 bits per heavy atom. The van der Waals surface area contributed by atoms with E-state index in [1.165, 1.54) is 0 Å². The van der Waals surface area contributed by atoms with E-state index in [4.69, 9.17) is 18.0 Å². The zero-order chi connectivity index (χ0) is 13.6. The third-order valence-electron chi connectivity index (χ3n) is 1.69. The van der Waals surface area contributed by atoms with Crippen LogP contribution < -0.4 is 0 Å². The van der Waals surface area contributed by atoms with Gasteiger partial charge in [0.15, 0.2) is 0 Å². The summed E-state index contributed by atoms with van der Waals surface area (Å²) in [7, 11) is -2.51. The molecule has 0 heterocycles. The molecule has 0 aliphatic rings. The molecular formula is C12H28O4Si. The summed E-state index contributed by atoms with van der Waals surface area (Å²) in [6.07, 6.45) is 0. The van der Waals surface area contributed by atoms with Crippen LogP contribution in [0.15, 0.2) is 12.3 Å². The topological polar surface area (TPSA) is 36.9 Å². The monoisotopic (exact) mass is 264 g/mol. The lowest BCUT2D eigenvalue weighted by Crippen LogP contribution is -2.44. The van der Waals surface area contributed by atoms with E-state index in [1.54, 1.807) is 5.70 Å². The third kappa shape index (κ3) is 10.7. The molecule has 5 heteroatoms.